The van der Waals surface area contributed by atoms with Crippen molar-refractivity contribution in [3.05, 3.63) is 12.2 Å². The third kappa shape index (κ3) is 3.95. The number of hydrogen-bond acceptors (Lipinski definition) is 5. The quantitative estimate of drug-likeness (QED) is 0.839. The van der Waals surface area contributed by atoms with Gasteiger partial charge in [0.15, 0.2) is 0 Å². The number of carbonyl (C=O) groups is 1. The molecule has 3 heterocycles. The summed E-state index contributed by atoms with van der Waals surface area (Å²) >= 11 is 0. The van der Waals surface area contributed by atoms with Gasteiger partial charge in [0.05, 0.1) is 18.6 Å². The second-order valence-corrected chi connectivity index (χ2v) is 7.50. The molecule has 0 bridgehead atoms. The molecule has 0 spiro atoms. The number of primary amides is 1. The van der Waals surface area contributed by atoms with Gasteiger partial charge < -0.3 is 10.5 Å². The van der Waals surface area contributed by atoms with Gasteiger partial charge in [0.2, 0.25) is 5.91 Å². The Labute approximate surface area is 143 Å². The normalized spacial score (nSPS) is 26.3. The van der Waals surface area contributed by atoms with Crippen LogP contribution >= 0.6 is 0 Å². The maximum Gasteiger partial charge on any atom is 0.223 e. The third-order valence-electron chi connectivity index (χ3n) is 5.20. The van der Waals surface area contributed by atoms with E-state index in [0.29, 0.717) is 18.4 Å². The first-order valence-electron chi connectivity index (χ1n) is 9.04. The number of nitrogens with two attached hydrogens (primary N) is 1. The van der Waals surface area contributed by atoms with Crippen molar-refractivity contribution in [3.63, 3.8) is 0 Å². The van der Waals surface area contributed by atoms with E-state index in [0.717, 1.165) is 51.3 Å². The van der Waals surface area contributed by atoms with Gasteiger partial charge in [-0.05, 0) is 44.2 Å². The lowest BCUT2D eigenvalue weighted by Crippen LogP contribution is -2.42. The molecule has 0 saturated carbocycles. The molecule has 134 valence electrons. The van der Waals surface area contributed by atoms with Gasteiger partial charge in [-0.1, -0.05) is 13.8 Å². The van der Waals surface area contributed by atoms with Crippen LogP contribution in [0.15, 0.2) is 6.33 Å². The predicted octanol–water partition coefficient (Wildman–Crippen LogP) is 1.04. The first-order chi connectivity index (χ1) is 11.5. The Bertz CT molecular complexity index is 551. The Hall–Kier alpha value is -1.47. The summed E-state index contributed by atoms with van der Waals surface area (Å²) in [5.74, 6) is 1.72. The zero-order valence-corrected chi connectivity index (χ0v) is 14.7. The van der Waals surface area contributed by atoms with Crippen LogP contribution in [0.2, 0.25) is 0 Å². The average molecular weight is 335 g/mol. The highest BCUT2D eigenvalue weighted by molar-refractivity contribution is 5.77. The summed E-state index contributed by atoms with van der Waals surface area (Å²) in [5, 5.41) is 4.34. The maximum absolute atomic E-state index is 11.6. The Kier molecular flexibility index (Phi) is 5.50. The van der Waals surface area contributed by atoms with Crippen LogP contribution in [0.3, 0.4) is 0 Å². The highest BCUT2D eigenvalue weighted by Gasteiger charge is 2.39. The molecule has 2 saturated heterocycles. The molecule has 2 N–H and O–H groups in total. The first-order valence-corrected chi connectivity index (χ1v) is 9.04. The SMILES string of the molecule is CC(C)Cn1ncnc1CN1CCC([C@H]2OCC[C@@H]2C(N)=O)CC1. The number of rotatable bonds is 6. The monoisotopic (exact) mass is 335 g/mol. The fourth-order valence-electron chi connectivity index (χ4n) is 3.93. The van der Waals surface area contributed by atoms with Crippen LogP contribution in [0.5, 0.6) is 0 Å². The number of nitrogens with zero attached hydrogens (tertiary/aromatic N) is 4. The summed E-state index contributed by atoms with van der Waals surface area (Å²) < 4.78 is 7.84. The number of aromatic nitrogens is 3. The third-order valence-corrected chi connectivity index (χ3v) is 5.20. The number of hydrogen-bond donors (Lipinski definition) is 1. The predicted molar refractivity (Wildman–Crippen MR) is 89.9 cm³/mol. The number of likely N-dealkylation sites (tertiary alicyclic amines) is 1. The molecule has 7 nitrogen and oxygen atoms in total. The molecule has 1 aromatic heterocycles. The Morgan fingerprint density at radius 2 is 2.12 bits per heavy atom. The van der Waals surface area contributed by atoms with Crippen molar-refractivity contribution in [1.82, 2.24) is 19.7 Å². The zero-order valence-electron chi connectivity index (χ0n) is 14.7. The minimum Gasteiger partial charge on any atom is -0.377 e. The molecule has 24 heavy (non-hydrogen) atoms. The molecule has 0 unspecified atom stereocenters. The smallest absolute Gasteiger partial charge is 0.223 e. The van der Waals surface area contributed by atoms with E-state index in [1.165, 1.54) is 0 Å². The first kappa shape index (κ1) is 17.4. The van der Waals surface area contributed by atoms with E-state index in [2.05, 4.69) is 28.8 Å². The standard InChI is InChI=1S/C17H29N5O2/c1-12(2)9-22-15(19-11-20-22)10-21-6-3-13(4-7-21)16-14(17(18)23)5-8-24-16/h11-14,16H,3-10H2,1-2H3,(H2,18,23)/t14-,16+/m0/s1. The van der Waals surface area contributed by atoms with Crippen molar-refractivity contribution >= 4 is 5.91 Å². The van der Waals surface area contributed by atoms with Gasteiger partial charge in [-0.2, -0.15) is 5.10 Å². The van der Waals surface area contributed by atoms with E-state index in [1.54, 1.807) is 6.33 Å². The summed E-state index contributed by atoms with van der Waals surface area (Å²) in [6, 6.07) is 0. The lowest BCUT2D eigenvalue weighted by atomic mass is 9.84. The Morgan fingerprint density at radius 3 is 2.79 bits per heavy atom. The molecule has 2 atom stereocenters. The van der Waals surface area contributed by atoms with Gasteiger partial charge in [-0.25, -0.2) is 9.67 Å². The van der Waals surface area contributed by atoms with Crippen LogP contribution in [-0.4, -0.2) is 51.4 Å². The van der Waals surface area contributed by atoms with Crippen LogP contribution in [0, 0.1) is 17.8 Å². The Balaban J connectivity index is 1.52. The minimum absolute atomic E-state index is 0.0224. The van der Waals surface area contributed by atoms with Crippen molar-refractivity contribution in [3.8, 4) is 0 Å². The van der Waals surface area contributed by atoms with E-state index >= 15 is 0 Å². The van der Waals surface area contributed by atoms with Crippen LogP contribution in [0.1, 0.15) is 38.9 Å². The topological polar surface area (TPSA) is 86.3 Å². The summed E-state index contributed by atoms with van der Waals surface area (Å²) in [6.07, 6.45) is 4.54. The van der Waals surface area contributed by atoms with E-state index < -0.39 is 0 Å². The van der Waals surface area contributed by atoms with Crippen LogP contribution in [0.25, 0.3) is 0 Å². The van der Waals surface area contributed by atoms with Crippen LogP contribution in [0.4, 0.5) is 0 Å². The molecule has 2 fully saturated rings. The molecule has 0 aliphatic carbocycles. The largest absolute Gasteiger partial charge is 0.377 e. The van der Waals surface area contributed by atoms with E-state index in [9.17, 15) is 4.79 Å². The van der Waals surface area contributed by atoms with Crippen molar-refractivity contribution in [2.75, 3.05) is 19.7 Å². The molecule has 0 radical (unpaired) electrons. The van der Waals surface area contributed by atoms with Crippen molar-refractivity contribution < 1.29 is 9.53 Å². The van der Waals surface area contributed by atoms with Gasteiger partial charge in [0.1, 0.15) is 12.2 Å². The number of ether oxygens (including phenoxy) is 1. The molecular weight excluding hydrogens is 306 g/mol. The maximum atomic E-state index is 11.6. The second-order valence-electron chi connectivity index (χ2n) is 7.50. The second kappa shape index (κ2) is 7.61. The number of carbonyl (C=O) groups excluding carboxylic acids is 1. The highest BCUT2D eigenvalue weighted by Crippen LogP contribution is 2.33. The lowest BCUT2D eigenvalue weighted by Gasteiger charge is -2.35. The highest BCUT2D eigenvalue weighted by atomic mass is 16.5. The summed E-state index contributed by atoms with van der Waals surface area (Å²) in [7, 11) is 0. The molecule has 7 heteroatoms. The van der Waals surface area contributed by atoms with Gasteiger partial charge in [0, 0.05) is 13.2 Å². The Morgan fingerprint density at radius 1 is 1.38 bits per heavy atom. The minimum atomic E-state index is -0.207. The van der Waals surface area contributed by atoms with Crippen molar-refractivity contribution in [2.45, 2.75) is 52.3 Å². The molecule has 1 amide bonds. The number of amides is 1. The molecule has 1 aromatic rings. The summed E-state index contributed by atoms with van der Waals surface area (Å²) in [5.41, 5.74) is 5.52. The average Bonchev–Trinajstić information content (AvgIpc) is 3.17. The van der Waals surface area contributed by atoms with Gasteiger partial charge in [-0.15, -0.1) is 0 Å². The van der Waals surface area contributed by atoms with Crippen molar-refractivity contribution in [1.29, 1.82) is 0 Å². The van der Waals surface area contributed by atoms with Gasteiger partial charge in [-0.3, -0.25) is 9.69 Å². The molecule has 0 aromatic carbocycles. The fourth-order valence-corrected chi connectivity index (χ4v) is 3.93. The molecule has 2 aliphatic heterocycles. The molecule has 3 rings (SSSR count). The lowest BCUT2D eigenvalue weighted by molar-refractivity contribution is -0.124. The summed E-state index contributed by atoms with van der Waals surface area (Å²) in [4.78, 5) is 18.4. The zero-order chi connectivity index (χ0) is 17.1. The van der Waals surface area contributed by atoms with Gasteiger partial charge >= 0.3 is 0 Å². The van der Waals surface area contributed by atoms with E-state index in [-0.39, 0.29) is 17.9 Å². The van der Waals surface area contributed by atoms with E-state index in [1.807, 2.05) is 4.68 Å². The summed E-state index contributed by atoms with van der Waals surface area (Å²) in [6.45, 7) is 8.79. The van der Waals surface area contributed by atoms with Crippen LogP contribution < -0.4 is 5.73 Å². The van der Waals surface area contributed by atoms with E-state index in [4.69, 9.17) is 10.5 Å². The van der Waals surface area contributed by atoms with Gasteiger partial charge in [0.25, 0.3) is 0 Å². The number of piperidine rings is 1. The fraction of sp³-hybridized carbons (Fsp3) is 0.824. The van der Waals surface area contributed by atoms with Crippen LogP contribution in [-0.2, 0) is 22.6 Å². The molecule has 2 aliphatic rings. The molecular formula is C17H29N5O2. The van der Waals surface area contributed by atoms with Crippen molar-refractivity contribution in [2.24, 2.45) is 23.5 Å².